The second kappa shape index (κ2) is 13.8. The average molecular weight is 274 g/mol. The van der Waals surface area contributed by atoms with Crippen LogP contribution in [0, 0.1) is 0 Å². The van der Waals surface area contributed by atoms with Crippen LogP contribution in [0.4, 0.5) is 0 Å². The minimum atomic E-state index is -0.675. The maximum absolute atomic E-state index is 10.7. The van der Waals surface area contributed by atoms with Crippen LogP contribution in [0.5, 0.6) is 0 Å². The molecule has 114 valence electrons. The van der Waals surface area contributed by atoms with Gasteiger partial charge >= 0.3 is 5.97 Å². The number of carbonyl (C=O) groups excluding carboxylic acids is 1. The lowest BCUT2D eigenvalue weighted by atomic mass is 10.1. The largest absolute Gasteiger partial charge is 0.461 e. The van der Waals surface area contributed by atoms with Gasteiger partial charge in [0.1, 0.15) is 13.2 Å². The first-order valence-corrected chi connectivity index (χ1v) is 7.65. The third kappa shape index (κ3) is 13.6. The molecular formula is C15H30O4. The lowest BCUT2D eigenvalue weighted by molar-refractivity contribution is -0.149. The number of aliphatic hydroxyl groups is 2. The van der Waals surface area contributed by atoms with Crippen LogP contribution in [0.25, 0.3) is 0 Å². The van der Waals surface area contributed by atoms with Gasteiger partial charge in [0.05, 0.1) is 6.10 Å². The average Bonchev–Trinajstić information content (AvgIpc) is 2.42. The molecule has 0 aliphatic heterocycles. The normalized spacial score (nSPS) is 12.4. The van der Waals surface area contributed by atoms with E-state index in [2.05, 4.69) is 11.7 Å². The number of rotatable bonds is 13. The quantitative estimate of drug-likeness (QED) is 0.400. The Morgan fingerprint density at radius 1 is 1.00 bits per heavy atom. The number of hydrogen-bond acceptors (Lipinski definition) is 4. The molecule has 0 saturated carbocycles. The number of aliphatic hydroxyl groups excluding tert-OH is 2. The van der Waals surface area contributed by atoms with Crippen molar-refractivity contribution in [2.45, 2.75) is 77.2 Å². The summed E-state index contributed by atoms with van der Waals surface area (Å²) < 4.78 is 4.65. The van der Waals surface area contributed by atoms with E-state index in [-0.39, 0.29) is 6.61 Å². The highest BCUT2D eigenvalue weighted by atomic mass is 16.6. The Kier molecular flexibility index (Phi) is 13.4. The Morgan fingerprint density at radius 3 is 2.05 bits per heavy atom. The van der Waals surface area contributed by atoms with Crippen LogP contribution in [-0.4, -0.2) is 35.5 Å². The SMILES string of the molecule is CCCCCCCCCCCC(O)COC(=O)CO. The van der Waals surface area contributed by atoms with E-state index in [1.807, 2.05) is 0 Å². The predicted octanol–water partition coefficient (Wildman–Crippen LogP) is 2.80. The van der Waals surface area contributed by atoms with Gasteiger partial charge in [0.25, 0.3) is 0 Å². The highest BCUT2D eigenvalue weighted by Crippen LogP contribution is 2.11. The number of carbonyl (C=O) groups is 1. The molecule has 0 aliphatic rings. The van der Waals surface area contributed by atoms with Crippen molar-refractivity contribution in [3.8, 4) is 0 Å². The van der Waals surface area contributed by atoms with Gasteiger partial charge in [-0.3, -0.25) is 0 Å². The Labute approximate surface area is 117 Å². The van der Waals surface area contributed by atoms with Gasteiger partial charge in [-0.25, -0.2) is 4.79 Å². The van der Waals surface area contributed by atoms with Crippen LogP contribution in [0.1, 0.15) is 71.1 Å². The molecule has 1 atom stereocenters. The summed E-state index contributed by atoms with van der Waals surface area (Å²) in [5.74, 6) is -0.675. The van der Waals surface area contributed by atoms with E-state index in [0.29, 0.717) is 6.42 Å². The van der Waals surface area contributed by atoms with Crippen LogP contribution in [0.2, 0.25) is 0 Å². The lowest BCUT2D eigenvalue weighted by Gasteiger charge is -2.10. The molecule has 0 amide bonds. The Bertz CT molecular complexity index is 206. The number of hydrogen-bond donors (Lipinski definition) is 2. The van der Waals surface area contributed by atoms with E-state index < -0.39 is 18.7 Å². The van der Waals surface area contributed by atoms with Crippen molar-refractivity contribution in [2.24, 2.45) is 0 Å². The minimum absolute atomic E-state index is 0.00356. The smallest absolute Gasteiger partial charge is 0.331 e. The molecule has 0 spiro atoms. The highest BCUT2D eigenvalue weighted by Gasteiger charge is 2.07. The molecule has 0 aliphatic carbocycles. The molecule has 0 fully saturated rings. The van der Waals surface area contributed by atoms with Gasteiger partial charge in [-0.1, -0.05) is 64.7 Å². The summed E-state index contributed by atoms with van der Waals surface area (Å²) in [6.07, 6.45) is 11.3. The van der Waals surface area contributed by atoms with Crippen molar-refractivity contribution in [3.05, 3.63) is 0 Å². The molecule has 0 bridgehead atoms. The van der Waals surface area contributed by atoms with Gasteiger partial charge in [0, 0.05) is 0 Å². The van der Waals surface area contributed by atoms with Gasteiger partial charge in [-0.2, -0.15) is 0 Å². The van der Waals surface area contributed by atoms with Crippen LogP contribution >= 0.6 is 0 Å². The van der Waals surface area contributed by atoms with Crippen LogP contribution in [0.15, 0.2) is 0 Å². The monoisotopic (exact) mass is 274 g/mol. The molecule has 19 heavy (non-hydrogen) atoms. The maximum Gasteiger partial charge on any atom is 0.331 e. The summed E-state index contributed by atoms with van der Waals surface area (Å²) in [4.78, 5) is 10.7. The van der Waals surface area contributed by atoms with Crippen LogP contribution in [-0.2, 0) is 9.53 Å². The second-order valence-corrected chi connectivity index (χ2v) is 5.11. The zero-order valence-electron chi connectivity index (χ0n) is 12.3. The molecular weight excluding hydrogens is 244 g/mol. The summed E-state index contributed by atoms with van der Waals surface area (Å²) in [6, 6.07) is 0. The topological polar surface area (TPSA) is 66.8 Å². The van der Waals surface area contributed by atoms with E-state index in [0.717, 1.165) is 12.8 Å². The molecule has 0 saturated heterocycles. The van der Waals surface area contributed by atoms with Gasteiger partial charge in [-0.15, -0.1) is 0 Å². The fraction of sp³-hybridized carbons (Fsp3) is 0.933. The number of ether oxygens (including phenoxy) is 1. The Balaban J connectivity index is 3.18. The van der Waals surface area contributed by atoms with Crippen molar-refractivity contribution < 1.29 is 19.7 Å². The van der Waals surface area contributed by atoms with Crippen molar-refractivity contribution >= 4 is 5.97 Å². The van der Waals surface area contributed by atoms with E-state index in [4.69, 9.17) is 5.11 Å². The zero-order valence-corrected chi connectivity index (χ0v) is 12.3. The molecule has 1 unspecified atom stereocenters. The fourth-order valence-electron chi connectivity index (χ4n) is 2.01. The van der Waals surface area contributed by atoms with Crippen molar-refractivity contribution in [3.63, 3.8) is 0 Å². The zero-order chi connectivity index (χ0) is 14.3. The number of unbranched alkanes of at least 4 members (excludes halogenated alkanes) is 8. The molecule has 2 N–H and O–H groups in total. The summed E-state index contributed by atoms with van der Waals surface area (Å²) in [5, 5.41) is 18.0. The first kappa shape index (κ1) is 18.4. The van der Waals surface area contributed by atoms with E-state index >= 15 is 0 Å². The van der Waals surface area contributed by atoms with Crippen molar-refractivity contribution in [2.75, 3.05) is 13.2 Å². The summed E-state index contributed by atoms with van der Waals surface area (Å²) in [6.45, 7) is 1.60. The standard InChI is InChI=1S/C15H30O4/c1-2-3-4-5-6-7-8-9-10-11-14(17)13-19-15(18)12-16/h14,16-17H,2-13H2,1H3. The van der Waals surface area contributed by atoms with E-state index in [1.54, 1.807) is 0 Å². The van der Waals surface area contributed by atoms with Crippen molar-refractivity contribution in [1.82, 2.24) is 0 Å². The molecule has 0 aromatic rings. The van der Waals surface area contributed by atoms with Gasteiger partial charge in [0.2, 0.25) is 0 Å². The van der Waals surface area contributed by atoms with Gasteiger partial charge < -0.3 is 14.9 Å². The molecule has 4 nitrogen and oxygen atoms in total. The molecule has 0 rings (SSSR count). The van der Waals surface area contributed by atoms with Crippen LogP contribution in [0.3, 0.4) is 0 Å². The van der Waals surface area contributed by atoms with Crippen molar-refractivity contribution in [1.29, 1.82) is 0 Å². The van der Waals surface area contributed by atoms with Gasteiger partial charge in [-0.05, 0) is 6.42 Å². The second-order valence-electron chi connectivity index (χ2n) is 5.11. The van der Waals surface area contributed by atoms with E-state index in [1.165, 1.54) is 44.9 Å². The van der Waals surface area contributed by atoms with Gasteiger partial charge in [0.15, 0.2) is 0 Å². The lowest BCUT2D eigenvalue weighted by Crippen LogP contribution is -2.20. The first-order chi connectivity index (χ1) is 9.20. The fourth-order valence-corrected chi connectivity index (χ4v) is 2.01. The molecule has 0 heterocycles. The minimum Gasteiger partial charge on any atom is -0.461 e. The maximum atomic E-state index is 10.7. The van der Waals surface area contributed by atoms with E-state index in [9.17, 15) is 9.90 Å². The predicted molar refractivity (Wildman–Crippen MR) is 75.9 cm³/mol. The molecule has 4 heteroatoms. The summed E-state index contributed by atoms with van der Waals surface area (Å²) in [5.41, 5.74) is 0. The number of esters is 1. The summed E-state index contributed by atoms with van der Waals surface area (Å²) >= 11 is 0. The molecule has 0 aromatic heterocycles. The van der Waals surface area contributed by atoms with Crippen LogP contribution < -0.4 is 0 Å². The first-order valence-electron chi connectivity index (χ1n) is 7.65. The third-order valence-electron chi connectivity index (χ3n) is 3.21. The Morgan fingerprint density at radius 2 is 1.53 bits per heavy atom. The highest BCUT2D eigenvalue weighted by molar-refractivity contribution is 5.70. The Hall–Kier alpha value is -0.610. The molecule has 0 radical (unpaired) electrons. The molecule has 0 aromatic carbocycles. The third-order valence-corrected chi connectivity index (χ3v) is 3.21. The summed E-state index contributed by atoms with van der Waals surface area (Å²) in [7, 11) is 0.